The second-order valence-corrected chi connectivity index (χ2v) is 10.3. The maximum atomic E-state index is 11.2. The average molecular weight is 555 g/mol. The molecule has 0 aromatic heterocycles. The first-order chi connectivity index (χ1) is 15.8. The number of rotatable bonds is 5. The summed E-state index contributed by atoms with van der Waals surface area (Å²) >= 11 is 3.56. The minimum atomic E-state index is -0.760. The van der Waals surface area contributed by atoms with E-state index in [2.05, 4.69) is 76.6 Å². The van der Waals surface area contributed by atoms with Crippen molar-refractivity contribution >= 4 is 39.8 Å². The van der Waals surface area contributed by atoms with Crippen molar-refractivity contribution < 1.29 is 22.2 Å². The normalized spacial score (nSPS) is 17.3. The predicted octanol–water partition coefficient (Wildman–Crippen LogP) is 5.63. The van der Waals surface area contributed by atoms with Crippen LogP contribution >= 0.6 is 23.9 Å². The molecule has 2 aliphatic carbocycles. The van der Waals surface area contributed by atoms with Gasteiger partial charge in [0.15, 0.2) is 0 Å². The average Bonchev–Trinajstić information content (AvgIpc) is 3.56. The summed E-state index contributed by atoms with van der Waals surface area (Å²) in [6.07, 6.45) is 15.2. The van der Waals surface area contributed by atoms with Gasteiger partial charge in [-0.3, -0.25) is 0 Å². The minimum absolute atomic E-state index is 0. The molecule has 3 aromatic rings. The summed E-state index contributed by atoms with van der Waals surface area (Å²) in [4.78, 5) is 0.938. The molecule has 164 valence electrons. The molecular formula is C29H24BrFeOP+2. The molecule has 0 bridgehead atoms. The fraction of sp³-hybridized carbons (Fsp3) is 0.0345. The van der Waals surface area contributed by atoms with Crippen molar-refractivity contribution in [3.63, 3.8) is 0 Å². The van der Waals surface area contributed by atoms with Gasteiger partial charge in [-0.1, -0.05) is 101 Å². The fourth-order valence-electron chi connectivity index (χ4n) is 3.63. The van der Waals surface area contributed by atoms with E-state index in [1.807, 2.05) is 75.6 Å². The molecule has 10 radical (unpaired) electrons. The molecule has 0 heterocycles. The van der Waals surface area contributed by atoms with Gasteiger partial charge in [0.05, 0.1) is 10.9 Å². The first kappa shape index (κ1) is 26.7. The van der Waals surface area contributed by atoms with Crippen LogP contribution < -0.4 is 15.9 Å². The Bertz CT molecular complexity index is 901. The molecule has 2 fully saturated rings. The fourth-order valence-corrected chi connectivity index (χ4v) is 6.61. The zero-order valence-electron chi connectivity index (χ0n) is 17.9. The van der Waals surface area contributed by atoms with Gasteiger partial charge >= 0.3 is 17.1 Å². The van der Waals surface area contributed by atoms with Crippen LogP contribution in [0.15, 0.2) is 84.9 Å². The molecule has 2 aliphatic rings. The van der Waals surface area contributed by atoms with Gasteiger partial charge in [-0.15, -0.1) is 0 Å². The number of hydrogen-bond donors (Lipinski definition) is 1. The number of hydrogen-bond acceptors (Lipinski definition) is 1. The Kier molecular flexibility index (Phi) is 11.2. The van der Waals surface area contributed by atoms with E-state index in [4.69, 9.17) is 0 Å². The summed E-state index contributed by atoms with van der Waals surface area (Å²) in [5.41, 5.74) is 0.961. The van der Waals surface area contributed by atoms with E-state index in [1.54, 1.807) is 0 Å². The molecule has 4 heteroatoms. The van der Waals surface area contributed by atoms with Crippen molar-refractivity contribution in [3.05, 3.63) is 153 Å². The summed E-state index contributed by atoms with van der Waals surface area (Å²) in [6.45, 7) is 0. The van der Waals surface area contributed by atoms with E-state index in [-0.39, 0.29) is 17.1 Å². The van der Waals surface area contributed by atoms with Crippen LogP contribution in [0.2, 0.25) is 0 Å². The predicted molar refractivity (Wildman–Crippen MR) is 140 cm³/mol. The summed E-state index contributed by atoms with van der Waals surface area (Å²) in [5.74, 6) is 0.901. The van der Waals surface area contributed by atoms with Gasteiger partial charge in [-0.05, 0) is 80.8 Å². The van der Waals surface area contributed by atoms with Gasteiger partial charge in [0.1, 0.15) is 0 Å². The molecule has 0 unspecified atom stereocenters. The molecule has 5 rings (SSSR count). The molecule has 0 aliphatic heterocycles. The Morgan fingerprint density at radius 1 is 0.606 bits per heavy atom. The van der Waals surface area contributed by atoms with E-state index in [9.17, 15) is 5.11 Å². The minimum Gasteiger partial charge on any atom is -0.388 e. The zero-order chi connectivity index (χ0) is 22.2. The summed E-state index contributed by atoms with van der Waals surface area (Å²) in [6, 6.07) is 29.4. The second-order valence-electron chi connectivity index (χ2n) is 7.26. The van der Waals surface area contributed by atoms with Crippen LogP contribution in [0.3, 0.4) is 0 Å². The van der Waals surface area contributed by atoms with Crippen molar-refractivity contribution in [1.82, 2.24) is 0 Å². The Morgan fingerprint density at radius 2 is 1.09 bits per heavy atom. The van der Waals surface area contributed by atoms with Gasteiger partial charge in [0.2, 0.25) is 0 Å². The number of benzene rings is 3. The van der Waals surface area contributed by atoms with Crippen molar-refractivity contribution in [3.8, 4) is 0 Å². The van der Waals surface area contributed by atoms with E-state index in [0.29, 0.717) is 0 Å². The Morgan fingerprint density at radius 3 is 1.58 bits per heavy atom. The van der Waals surface area contributed by atoms with Crippen LogP contribution in [0, 0.1) is 62.1 Å². The third kappa shape index (κ3) is 7.03. The van der Waals surface area contributed by atoms with E-state index in [0.717, 1.165) is 16.3 Å². The molecule has 1 atom stereocenters. The molecule has 2 saturated carbocycles. The van der Waals surface area contributed by atoms with Gasteiger partial charge in [-0.25, -0.2) is 0 Å². The van der Waals surface area contributed by atoms with E-state index < -0.39 is 14.0 Å². The molecule has 0 amide bonds. The van der Waals surface area contributed by atoms with Crippen LogP contribution in [0.4, 0.5) is 0 Å². The third-order valence-corrected chi connectivity index (χ3v) is 8.39. The largest absolute Gasteiger partial charge is 2.00 e. The van der Waals surface area contributed by atoms with E-state index >= 15 is 0 Å². The molecule has 3 aromatic carbocycles. The topological polar surface area (TPSA) is 20.2 Å². The Balaban J connectivity index is 0.000000453. The van der Waals surface area contributed by atoms with Crippen molar-refractivity contribution in [2.75, 3.05) is 0 Å². The zero-order valence-corrected chi connectivity index (χ0v) is 21.5. The first-order valence-corrected chi connectivity index (χ1v) is 12.6. The monoisotopic (exact) mass is 554 g/mol. The van der Waals surface area contributed by atoms with Crippen molar-refractivity contribution in [2.45, 2.75) is 6.10 Å². The number of aliphatic hydroxyl groups is 1. The van der Waals surface area contributed by atoms with Gasteiger partial charge in [0, 0.05) is 5.92 Å². The summed E-state index contributed by atoms with van der Waals surface area (Å²) in [5, 5.41) is 14.9. The quantitative estimate of drug-likeness (QED) is 0.320. The van der Waals surface area contributed by atoms with Gasteiger partial charge in [0.25, 0.3) is 0 Å². The number of halogens is 1. The molecule has 0 saturated heterocycles. The smallest absolute Gasteiger partial charge is 0.388 e. The molecule has 0 spiro atoms. The molecular weight excluding hydrogens is 531 g/mol. The van der Waals surface area contributed by atoms with Crippen LogP contribution in [-0.2, 0) is 17.1 Å². The van der Waals surface area contributed by atoms with Crippen LogP contribution in [0.25, 0.3) is 0 Å². The first-order valence-electron chi connectivity index (χ1n) is 10.5. The standard InChI is InChI=1S/C24H19BrOP.C5H5.Fe/c25-22-16-9-15-20(22)24(26)21-14-7-8-17-23(21)27(18-10-3-1-4-11-18)19-12-5-2-6-13-19;1-2-4-5-3-1;/h1-17,24,26H;1-5H;/q;;+2/t24-;;/m1../s1. The van der Waals surface area contributed by atoms with Gasteiger partial charge in [-0.2, -0.15) is 0 Å². The Hall–Kier alpha value is -0.951. The van der Waals surface area contributed by atoms with Crippen LogP contribution in [0.1, 0.15) is 11.7 Å². The van der Waals surface area contributed by atoms with Gasteiger partial charge < -0.3 is 5.11 Å². The SMILES string of the molecule is O[C@H]([C]1[CH][CH][CH][C]1Br)c1ccccc1P(c1ccccc1)c1ccccc1.[CH]1[CH][CH][CH][CH]1.[Fe+2]. The van der Waals surface area contributed by atoms with Crippen LogP contribution in [0.5, 0.6) is 0 Å². The summed E-state index contributed by atoms with van der Waals surface area (Å²) in [7, 11) is -0.760. The van der Waals surface area contributed by atoms with Crippen molar-refractivity contribution in [2.24, 2.45) is 0 Å². The molecule has 33 heavy (non-hydrogen) atoms. The van der Waals surface area contributed by atoms with E-state index in [1.165, 1.54) is 15.9 Å². The van der Waals surface area contributed by atoms with Crippen LogP contribution in [-0.4, -0.2) is 5.11 Å². The van der Waals surface area contributed by atoms with Crippen molar-refractivity contribution in [1.29, 1.82) is 0 Å². The second kappa shape index (κ2) is 13.8. The number of aliphatic hydroxyl groups excluding tert-OH is 1. The summed E-state index contributed by atoms with van der Waals surface area (Å²) < 4.78 is 0. The maximum absolute atomic E-state index is 11.2. The molecule has 1 nitrogen and oxygen atoms in total. The third-order valence-electron chi connectivity index (χ3n) is 5.15. The Labute approximate surface area is 219 Å². The molecule has 1 N–H and O–H groups in total. The maximum Gasteiger partial charge on any atom is 2.00 e.